The van der Waals surface area contributed by atoms with Gasteiger partial charge in [0.05, 0.1) is 11.3 Å². The highest BCUT2D eigenvalue weighted by Gasteiger charge is 2.38. The second-order valence-corrected chi connectivity index (χ2v) is 6.34. The third-order valence-electron chi connectivity index (χ3n) is 4.21. The predicted molar refractivity (Wildman–Crippen MR) is 107 cm³/mol. The molecule has 3 rings (SSSR count). The topological polar surface area (TPSA) is 109 Å². The third kappa shape index (κ3) is 4.94. The summed E-state index contributed by atoms with van der Waals surface area (Å²) in [5.41, 5.74) is -0.700. The number of para-hydroxylation sites is 1. The van der Waals surface area contributed by atoms with Crippen molar-refractivity contribution in [2.75, 3.05) is 17.7 Å². The zero-order chi connectivity index (χ0) is 22.6. The molecule has 0 bridgehead atoms. The van der Waals surface area contributed by atoms with E-state index in [-0.39, 0.29) is 17.1 Å². The minimum absolute atomic E-state index is 0.00636. The summed E-state index contributed by atoms with van der Waals surface area (Å²) in [6.07, 6.45) is -1.77. The van der Waals surface area contributed by atoms with Gasteiger partial charge in [-0.2, -0.15) is 13.2 Å². The molecule has 1 aromatic carbocycles. The van der Waals surface area contributed by atoms with Gasteiger partial charge in [-0.15, -0.1) is 0 Å². The van der Waals surface area contributed by atoms with Gasteiger partial charge in [-0.1, -0.05) is 18.2 Å². The first kappa shape index (κ1) is 21.7. The van der Waals surface area contributed by atoms with Crippen molar-refractivity contribution < 1.29 is 22.8 Å². The number of hydrogen-bond acceptors (Lipinski definition) is 6. The van der Waals surface area contributed by atoms with E-state index < -0.39 is 29.4 Å². The van der Waals surface area contributed by atoms with Crippen molar-refractivity contribution in [2.24, 2.45) is 0 Å². The monoisotopic (exact) mass is 430 g/mol. The molecule has 0 saturated heterocycles. The highest BCUT2D eigenvalue weighted by molar-refractivity contribution is 6.06. The van der Waals surface area contributed by atoms with E-state index in [9.17, 15) is 22.8 Å². The number of pyridine rings is 1. The zero-order valence-corrected chi connectivity index (χ0v) is 16.4. The molecule has 0 spiro atoms. The van der Waals surface area contributed by atoms with E-state index >= 15 is 0 Å². The number of aromatic nitrogens is 3. The van der Waals surface area contributed by atoms with Crippen molar-refractivity contribution in [3.8, 4) is 0 Å². The summed E-state index contributed by atoms with van der Waals surface area (Å²) >= 11 is 0. The van der Waals surface area contributed by atoms with Crippen LogP contribution in [0.5, 0.6) is 0 Å². The Kier molecular flexibility index (Phi) is 6.14. The number of nitrogens with one attached hydrogen (secondary N) is 3. The van der Waals surface area contributed by atoms with Crippen LogP contribution >= 0.6 is 0 Å². The molecule has 3 aromatic rings. The molecule has 0 aliphatic heterocycles. The fourth-order valence-corrected chi connectivity index (χ4v) is 2.66. The fraction of sp³-hybridized carbons (Fsp3) is 0.150. The van der Waals surface area contributed by atoms with Gasteiger partial charge in [-0.25, -0.2) is 15.0 Å². The van der Waals surface area contributed by atoms with Crippen LogP contribution < -0.4 is 16.0 Å². The fourth-order valence-electron chi connectivity index (χ4n) is 2.66. The second kappa shape index (κ2) is 8.78. The van der Waals surface area contributed by atoms with Crippen LogP contribution in [-0.4, -0.2) is 33.8 Å². The maximum absolute atomic E-state index is 13.2. The number of aryl methyl sites for hydroxylation is 1. The highest BCUT2D eigenvalue weighted by Crippen LogP contribution is 2.31. The van der Waals surface area contributed by atoms with Crippen molar-refractivity contribution in [1.29, 1.82) is 0 Å². The number of benzene rings is 1. The Balaban J connectivity index is 2.01. The van der Waals surface area contributed by atoms with Gasteiger partial charge in [0.1, 0.15) is 0 Å². The number of hydrogen-bond donors (Lipinski definition) is 3. The van der Waals surface area contributed by atoms with Crippen molar-refractivity contribution in [2.45, 2.75) is 13.1 Å². The molecular formula is C20H17F3N6O2. The Morgan fingerprint density at radius 2 is 1.68 bits per heavy atom. The van der Waals surface area contributed by atoms with Gasteiger partial charge in [0.15, 0.2) is 17.2 Å². The molecule has 11 heteroatoms. The van der Waals surface area contributed by atoms with E-state index in [1.54, 1.807) is 12.1 Å². The quantitative estimate of drug-likeness (QED) is 0.571. The molecule has 160 valence electrons. The smallest absolute Gasteiger partial charge is 0.355 e. The van der Waals surface area contributed by atoms with Gasteiger partial charge in [0.25, 0.3) is 11.8 Å². The molecule has 0 atom stereocenters. The highest BCUT2D eigenvalue weighted by atomic mass is 19.4. The van der Waals surface area contributed by atoms with Crippen LogP contribution in [0.15, 0.2) is 48.9 Å². The lowest BCUT2D eigenvalue weighted by molar-refractivity contribution is -0.141. The number of carbonyl (C=O) groups is 2. The van der Waals surface area contributed by atoms with E-state index in [4.69, 9.17) is 0 Å². The van der Waals surface area contributed by atoms with Gasteiger partial charge in [-0.05, 0) is 24.6 Å². The summed E-state index contributed by atoms with van der Waals surface area (Å²) in [6, 6.07) is 8.52. The van der Waals surface area contributed by atoms with E-state index in [1.165, 1.54) is 19.3 Å². The van der Waals surface area contributed by atoms with Crippen LogP contribution in [0.25, 0.3) is 0 Å². The Hall–Kier alpha value is -4.02. The van der Waals surface area contributed by atoms with E-state index in [1.807, 2.05) is 19.1 Å². The molecule has 0 unspecified atom stereocenters. The Morgan fingerprint density at radius 3 is 2.35 bits per heavy atom. The number of rotatable bonds is 5. The molecule has 0 aliphatic rings. The molecule has 0 fully saturated rings. The molecule has 0 saturated carbocycles. The van der Waals surface area contributed by atoms with Crippen LogP contribution in [0, 0.1) is 6.92 Å². The lowest BCUT2D eigenvalue weighted by Crippen LogP contribution is -2.23. The Bertz CT molecular complexity index is 1130. The number of halogens is 3. The molecular weight excluding hydrogens is 413 g/mol. The summed E-state index contributed by atoms with van der Waals surface area (Å²) in [6.45, 7) is 1.84. The van der Waals surface area contributed by atoms with Crippen molar-refractivity contribution in [3.63, 3.8) is 0 Å². The normalized spacial score (nSPS) is 11.0. The van der Waals surface area contributed by atoms with Crippen LogP contribution in [0.1, 0.15) is 32.1 Å². The number of anilines is 3. The van der Waals surface area contributed by atoms with Crippen LogP contribution in [-0.2, 0) is 6.18 Å². The summed E-state index contributed by atoms with van der Waals surface area (Å²) in [4.78, 5) is 35.5. The molecule has 31 heavy (non-hydrogen) atoms. The largest absolute Gasteiger partial charge is 0.435 e. The minimum atomic E-state index is -4.87. The first-order valence-electron chi connectivity index (χ1n) is 8.95. The van der Waals surface area contributed by atoms with Crippen LogP contribution in [0.2, 0.25) is 0 Å². The molecule has 0 radical (unpaired) electrons. The summed E-state index contributed by atoms with van der Waals surface area (Å²) in [7, 11) is 1.41. The molecule has 3 N–H and O–H groups in total. The first-order chi connectivity index (χ1) is 14.7. The van der Waals surface area contributed by atoms with Crippen molar-refractivity contribution in [1.82, 2.24) is 20.3 Å². The first-order valence-corrected chi connectivity index (χ1v) is 8.95. The third-order valence-corrected chi connectivity index (χ3v) is 4.21. The minimum Gasteiger partial charge on any atom is -0.355 e. The van der Waals surface area contributed by atoms with Gasteiger partial charge in [-0.3, -0.25) is 9.59 Å². The van der Waals surface area contributed by atoms with E-state index in [0.29, 0.717) is 5.69 Å². The SMILES string of the molecule is CNC(=O)c1cnc(Nc2ccccc2C)c(NC(=O)c2nccnc2C(F)(F)F)c1. The molecule has 8 nitrogen and oxygen atoms in total. The average molecular weight is 430 g/mol. The maximum Gasteiger partial charge on any atom is 0.435 e. The summed E-state index contributed by atoms with van der Waals surface area (Å²) in [5.74, 6) is -1.50. The zero-order valence-electron chi connectivity index (χ0n) is 16.4. The van der Waals surface area contributed by atoms with Crippen LogP contribution in [0.3, 0.4) is 0 Å². The summed E-state index contributed by atoms with van der Waals surface area (Å²) in [5, 5.41) is 7.78. The second-order valence-electron chi connectivity index (χ2n) is 6.34. The van der Waals surface area contributed by atoms with Crippen molar-refractivity contribution >= 4 is 29.0 Å². The van der Waals surface area contributed by atoms with Crippen LogP contribution in [0.4, 0.5) is 30.4 Å². The van der Waals surface area contributed by atoms with Gasteiger partial charge < -0.3 is 16.0 Å². The lowest BCUT2D eigenvalue weighted by Gasteiger charge is -2.15. The van der Waals surface area contributed by atoms with Gasteiger partial charge >= 0.3 is 6.18 Å². The maximum atomic E-state index is 13.2. The molecule has 2 aromatic heterocycles. The molecule has 2 amide bonds. The average Bonchev–Trinajstić information content (AvgIpc) is 2.75. The number of carbonyl (C=O) groups excluding carboxylic acids is 2. The predicted octanol–water partition coefficient (Wildman–Crippen LogP) is 3.55. The van der Waals surface area contributed by atoms with E-state index in [0.717, 1.165) is 18.0 Å². The standard InChI is InChI=1S/C20H17F3N6O2/c1-11-5-3-4-6-13(11)28-17-14(9-12(10-27-17)18(30)24-2)29-19(31)15-16(20(21,22)23)26-8-7-25-15/h3-10H,1-2H3,(H,24,30)(H,27,28)(H,29,31). The number of alkyl halides is 3. The number of nitrogens with zero attached hydrogens (tertiary/aromatic N) is 3. The lowest BCUT2D eigenvalue weighted by atomic mass is 10.2. The van der Waals surface area contributed by atoms with E-state index in [2.05, 4.69) is 30.9 Å². The molecule has 2 heterocycles. The van der Waals surface area contributed by atoms with Crippen molar-refractivity contribution in [3.05, 3.63) is 71.4 Å². The Morgan fingerprint density at radius 1 is 0.968 bits per heavy atom. The molecule has 0 aliphatic carbocycles. The number of amides is 2. The van der Waals surface area contributed by atoms with Gasteiger partial charge in [0.2, 0.25) is 0 Å². The summed E-state index contributed by atoms with van der Waals surface area (Å²) < 4.78 is 39.6. The Labute approximate surface area is 174 Å². The van der Waals surface area contributed by atoms with Gasteiger partial charge in [0, 0.05) is 31.3 Å².